The summed E-state index contributed by atoms with van der Waals surface area (Å²) in [5.41, 5.74) is 3.21. The third kappa shape index (κ3) is 7.87. The number of aromatic nitrogens is 1. The molecule has 0 radical (unpaired) electrons. The molecule has 4 rings (SSSR count). The Morgan fingerprint density at radius 1 is 1.17 bits per heavy atom. The average Bonchev–Trinajstić information content (AvgIpc) is 3.28. The molecule has 0 unspecified atom stereocenters. The van der Waals surface area contributed by atoms with E-state index in [-0.39, 0.29) is 5.91 Å². The predicted octanol–water partition coefficient (Wildman–Crippen LogP) is 5.35. The number of methoxy groups -OCH3 is 1. The number of hydrogen-bond acceptors (Lipinski definition) is 6. The molecule has 1 aliphatic heterocycles. The first-order valence-corrected chi connectivity index (χ1v) is 14.0. The third-order valence-electron chi connectivity index (χ3n) is 6.73. The van der Waals surface area contributed by atoms with Crippen molar-refractivity contribution in [2.45, 2.75) is 38.4 Å². The molecular weight excluding hydrogens is 470 g/mol. The summed E-state index contributed by atoms with van der Waals surface area (Å²) in [5.74, 6) is 4.07. The maximum Gasteiger partial charge on any atom is 0.230 e. The number of carbonyl (C=O) groups excluding carboxylic acids is 1. The highest BCUT2D eigenvalue weighted by Crippen LogP contribution is 2.27. The number of ether oxygens (including phenoxy) is 1. The van der Waals surface area contributed by atoms with Crippen LogP contribution in [0.15, 0.2) is 59.0 Å². The first kappa shape index (κ1) is 26.3. The summed E-state index contributed by atoms with van der Waals surface area (Å²) in [6.07, 6.45) is 4.71. The number of rotatable bonds is 12. The highest BCUT2D eigenvalue weighted by molar-refractivity contribution is 7.99. The van der Waals surface area contributed by atoms with Crippen molar-refractivity contribution in [2.24, 2.45) is 5.92 Å². The summed E-state index contributed by atoms with van der Waals surface area (Å²) in [4.78, 5) is 19.4. The third-order valence-corrected chi connectivity index (χ3v) is 7.67. The largest absolute Gasteiger partial charge is 0.497 e. The Morgan fingerprint density at radius 3 is 2.75 bits per heavy atom. The van der Waals surface area contributed by atoms with Gasteiger partial charge in [-0.1, -0.05) is 36.4 Å². The topological polar surface area (TPSA) is 67.6 Å². The van der Waals surface area contributed by atoms with Crippen molar-refractivity contribution in [3.63, 3.8) is 0 Å². The lowest BCUT2D eigenvalue weighted by atomic mass is 9.90. The number of oxazole rings is 1. The Morgan fingerprint density at radius 2 is 1.97 bits per heavy atom. The van der Waals surface area contributed by atoms with Gasteiger partial charge in [0, 0.05) is 17.9 Å². The smallest absolute Gasteiger partial charge is 0.230 e. The van der Waals surface area contributed by atoms with Gasteiger partial charge in [-0.3, -0.25) is 4.79 Å². The van der Waals surface area contributed by atoms with E-state index in [1.807, 2.05) is 31.2 Å². The number of piperidine rings is 1. The molecule has 2 aromatic carbocycles. The van der Waals surface area contributed by atoms with E-state index in [2.05, 4.69) is 45.5 Å². The normalized spacial score (nSPS) is 14.6. The highest BCUT2D eigenvalue weighted by atomic mass is 32.2. The van der Waals surface area contributed by atoms with E-state index >= 15 is 0 Å². The minimum atomic E-state index is 0.0794. The number of amides is 1. The van der Waals surface area contributed by atoms with Gasteiger partial charge in [-0.05, 0) is 81.9 Å². The second-order valence-electron chi connectivity index (χ2n) is 9.42. The second kappa shape index (κ2) is 13.5. The molecule has 0 spiro atoms. The van der Waals surface area contributed by atoms with Crippen LogP contribution >= 0.6 is 11.8 Å². The van der Waals surface area contributed by atoms with Crippen molar-refractivity contribution in [1.29, 1.82) is 0 Å². The molecule has 0 saturated carbocycles. The van der Waals surface area contributed by atoms with Gasteiger partial charge < -0.3 is 19.4 Å². The Balaban J connectivity index is 1.09. The van der Waals surface area contributed by atoms with Crippen LogP contribution in [0.25, 0.3) is 11.5 Å². The maximum atomic E-state index is 12.3. The van der Waals surface area contributed by atoms with Gasteiger partial charge in [0.1, 0.15) is 11.5 Å². The minimum absolute atomic E-state index is 0.0794. The van der Waals surface area contributed by atoms with E-state index in [1.165, 1.54) is 24.8 Å². The van der Waals surface area contributed by atoms with Crippen molar-refractivity contribution < 1.29 is 13.9 Å². The van der Waals surface area contributed by atoms with Gasteiger partial charge >= 0.3 is 0 Å². The number of likely N-dealkylation sites (tertiary alicyclic amines) is 1. The van der Waals surface area contributed by atoms with Crippen LogP contribution in [0.2, 0.25) is 0 Å². The molecule has 192 valence electrons. The predicted molar refractivity (Wildman–Crippen MR) is 146 cm³/mol. The van der Waals surface area contributed by atoms with E-state index in [1.54, 1.807) is 18.9 Å². The number of benzene rings is 2. The molecular formula is C29H37N3O3S. The molecule has 0 bridgehead atoms. The molecule has 1 aliphatic rings. The van der Waals surface area contributed by atoms with Crippen LogP contribution in [0.1, 0.15) is 36.3 Å². The van der Waals surface area contributed by atoms with Crippen molar-refractivity contribution in [3.05, 3.63) is 71.6 Å². The summed E-state index contributed by atoms with van der Waals surface area (Å²) in [5, 5.41) is 3.06. The van der Waals surface area contributed by atoms with E-state index in [9.17, 15) is 4.79 Å². The number of hydrogen-bond donors (Lipinski definition) is 1. The molecule has 1 amide bonds. The Bertz CT molecular complexity index is 1090. The Labute approximate surface area is 218 Å². The van der Waals surface area contributed by atoms with Crippen LogP contribution in [-0.2, 0) is 17.0 Å². The van der Waals surface area contributed by atoms with Gasteiger partial charge in [0.25, 0.3) is 0 Å². The van der Waals surface area contributed by atoms with Gasteiger partial charge in [-0.25, -0.2) is 4.98 Å². The molecule has 2 heterocycles. The minimum Gasteiger partial charge on any atom is -0.497 e. The molecule has 1 saturated heterocycles. The van der Waals surface area contributed by atoms with Crippen LogP contribution in [0.3, 0.4) is 0 Å². The second-order valence-corrected chi connectivity index (χ2v) is 10.4. The summed E-state index contributed by atoms with van der Waals surface area (Å²) >= 11 is 1.56. The lowest BCUT2D eigenvalue weighted by Crippen LogP contribution is -2.36. The van der Waals surface area contributed by atoms with Crippen LogP contribution in [0.5, 0.6) is 5.75 Å². The van der Waals surface area contributed by atoms with E-state index in [4.69, 9.17) is 9.15 Å². The van der Waals surface area contributed by atoms with Crippen molar-refractivity contribution in [3.8, 4) is 17.2 Å². The van der Waals surface area contributed by atoms with Crippen molar-refractivity contribution in [2.75, 3.05) is 39.0 Å². The van der Waals surface area contributed by atoms with Crippen molar-refractivity contribution in [1.82, 2.24) is 15.2 Å². The fraction of sp³-hybridized carbons (Fsp3) is 0.448. The number of carbonyl (C=O) groups is 1. The summed E-state index contributed by atoms with van der Waals surface area (Å²) in [6, 6.07) is 18.5. The van der Waals surface area contributed by atoms with Crippen LogP contribution in [-0.4, -0.2) is 54.8 Å². The number of nitrogens with zero attached hydrogens (tertiary/aromatic N) is 2. The zero-order valence-corrected chi connectivity index (χ0v) is 22.2. The van der Waals surface area contributed by atoms with Crippen LogP contribution in [0, 0.1) is 12.8 Å². The van der Waals surface area contributed by atoms with Gasteiger partial charge in [0.15, 0.2) is 0 Å². The first-order valence-electron chi connectivity index (χ1n) is 12.8. The molecule has 6 nitrogen and oxygen atoms in total. The molecule has 0 aliphatic carbocycles. The van der Waals surface area contributed by atoms with E-state index in [0.29, 0.717) is 17.4 Å². The first-order chi connectivity index (χ1) is 17.6. The fourth-order valence-electron chi connectivity index (χ4n) is 4.63. The van der Waals surface area contributed by atoms with Gasteiger partial charge in [-0.2, -0.15) is 0 Å². The molecule has 3 aromatic rings. The molecule has 0 atom stereocenters. The SMILES string of the molecule is COc1cccc(-c2nc(CSCC(=O)NCCCN3CCC(Cc4ccccc4)CC3)c(C)o2)c1. The quantitative estimate of drug-likeness (QED) is 0.333. The monoisotopic (exact) mass is 507 g/mol. The maximum absolute atomic E-state index is 12.3. The fourth-order valence-corrected chi connectivity index (χ4v) is 5.48. The molecule has 7 heteroatoms. The van der Waals surface area contributed by atoms with E-state index in [0.717, 1.165) is 61.3 Å². The summed E-state index contributed by atoms with van der Waals surface area (Å²) < 4.78 is 11.1. The zero-order chi connectivity index (χ0) is 25.2. The Hall–Kier alpha value is -2.77. The molecule has 1 N–H and O–H groups in total. The highest BCUT2D eigenvalue weighted by Gasteiger charge is 2.19. The number of thioether (sulfide) groups is 1. The summed E-state index contributed by atoms with van der Waals surface area (Å²) in [7, 11) is 1.64. The number of aryl methyl sites for hydroxylation is 1. The molecule has 1 aromatic heterocycles. The molecule has 1 fully saturated rings. The summed E-state index contributed by atoms with van der Waals surface area (Å²) in [6.45, 7) is 6.02. The Kier molecular flexibility index (Phi) is 9.87. The lowest BCUT2D eigenvalue weighted by Gasteiger charge is -2.32. The van der Waals surface area contributed by atoms with Crippen molar-refractivity contribution >= 4 is 17.7 Å². The van der Waals surface area contributed by atoms with Crippen LogP contribution < -0.4 is 10.1 Å². The van der Waals surface area contributed by atoms with E-state index < -0.39 is 0 Å². The molecule has 36 heavy (non-hydrogen) atoms. The lowest BCUT2D eigenvalue weighted by molar-refractivity contribution is -0.118. The van der Waals surface area contributed by atoms with Gasteiger partial charge in [0.2, 0.25) is 11.8 Å². The van der Waals surface area contributed by atoms with Crippen LogP contribution in [0.4, 0.5) is 0 Å². The van der Waals surface area contributed by atoms with Gasteiger partial charge in [-0.15, -0.1) is 11.8 Å². The standard InChI is InChI=1S/C29H37N3O3S/c1-22-27(31-29(35-22)25-10-6-11-26(19-25)34-2)20-36-21-28(33)30-14-7-15-32-16-12-24(13-17-32)18-23-8-4-3-5-9-23/h3-6,8-11,19,24H,7,12-18,20-21H2,1-2H3,(H,30,33). The average molecular weight is 508 g/mol. The number of nitrogens with one attached hydrogen (secondary N) is 1. The zero-order valence-electron chi connectivity index (χ0n) is 21.4. The van der Waals surface area contributed by atoms with Gasteiger partial charge in [0.05, 0.1) is 18.6 Å².